The molecule has 0 radical (unpaired) electrons. The summed E-state index contributed by atoms with van der Waals surface area (Å²) in [4.78, 5) is 0. The number of ether oxygens (including phenoxy) is 2. The van der Waals surface area contributed by atoms with Crippen molar-refractivity contribution in [1.29, 1.82) is 0 Å². The molecule has 0 aromatic heterocycles. The van der Waals surface area contributed by atoms with E-state index in [-0.39, 0.29) is 12.1 Å². The quantitative estimate of drug-likeness (QED) is 0.723. The molecule has 0 aliphatic rings. The summed E-state index contributed by atoms with van der Waals surface area (Å²) >= 11 is 3.58. The first-order valence-corrected chi connectivity index (χ1v) is 8.73. The van der Waals surface area contributed by atoms with E-state index in [0.717, 1.165) is 22.1 Å². The highest BCUT2D eigenvalue weighted by molar-refractivity contribution is 9.10. The van der Waals surface area contributed by atoms with Crippen LogP contribution in [0, 0.1) is 0 Å². The van der Waals surface area contributed by atoms with E-state index in [1.165, 1.54) is 0 Å². The van der Waals surface area contributed by atoms with E-state index in [9.17, 15) is 5.11 Å². The van der Waals surface area contributed by atoms with E-state index >= 15 is 0 Å². The molecular weight excluding hydrogens is 370 g/mol. The molecule has 2 rings (SSSR count). The number of nitrogens with two attached hydrogens (primary N) is 1. The average Bonchev–Trinajstić information content (AvgIpc) is 2.59. The van der Waals surface area contributed by atoms with Crippen LogP contribution in [0.5, 0.6) is 11.5 Å². The van der Waals surface area contributed by atoms with Crippen LogP contribution in [-0.4, -0.2) is 24.4 Å². The van der Waals surface area contributed by atoms with E-state index in [4.69, 9.17) is 9.47 Å². The molecule has 0 spiro atoms. The van der Waals surface area contributed by atoms with Gasteiger partial charge in [0.2, 0.25) is 0 Å². The van der Waals surface area contributed by atoms with Crippen molar-refractivity contribution in [2.75, 3.05) is 13.7 Å². The first kappa shape index (κ1) is 18.8. The molecule has 5 heteroatoms. The summed E-state index contributed by atoms with van der Waals surface area (Å²) in [5.41, 5.74) is 2.00. The van der Waals surface area contributed by atoms with Gasteiger partial charge in [-0.2, -0.15) is 0 Å². The highest BCUT2D eigenvalue weighted by atomic mass is 79.9. The molecule has 0 bridgehead atoms. The monoisotopic (exact) mass is 394 g/mol. The third kappa shape index (κ3) is 5.23. The summed E-state index contributed by atoms with van der Waals surface area (Å²) in [5, 5.41) is 11.5. The molecule has 0 aliphatic heterocycles. The van der Waals surface area contributed by atoms with Gasteiger partial charge in [-0.15, -0.1) is 0 Å². The standard InChI is InChI=1S/C19H24BrNO3/c1-19(2,13-22)21-11-15-9-16(20)18(17(10-15)23-3)24-12-14-7-5-4-6-8-14/h4-10,21-22H,11-13H2,1-3H3/p+1. The zero-order valence-corrected chi connectivity index (χ0v) is 16.0. The summed E-state index contributed by atoms with van der Waals surface area (Å²) < 4.78 is 12.3. The molecule has 0 saturated carbocycles. The van der Waals surface area contributed by atoms with Crippen molar-refractivity contribution in [3.05, 3.63) is 58.1 Å². The van der Waals surface area contributed by atoms with Gasteiger partial charge in [0.1, 0.15) is 18.7 Å². The number of aliphatic hydroxyl groups is 1. The Morgan fingerprint density at radius 1 is 1.12 bits per heavy atom. The normalized spacial score (nSPS) is 11.4. The fraction of sp³-hybridized carbons (Fsp3) is 0.368. The van der Waals surface area contributed by atoms with E-state index in [1.807, 2.05) is 56.3 Å². The molecule has 0 fully saturated rings. The van der Waals surface area contributed by atoms with Gasteiger partial charge in [-0.05, 0) is 47.5 Å². The number of benzene rings is 2. The molecule has 0 amide bonds. The minimum absolute atomic E-state index is 0.129. The largest absolute Gasteiger partial charge is 0.493 e. The lowest BCUT2D eigenvalue weighted by molar-refractivity contribution is -0.736. The number of halogens is 1. The summed E-state index contributed by atoms with van der Waals surface area (Å²) in [7, 11) is 1.64. The van der Waals surface area contributed by atoms with Crippen LogP contribution in [0.25, 0.3) is 0 Å². The van der Waals surface area contributed by atoms with E-state index in [1.54, 1.807) is 7.11 Å². The molecule has 0 saturated heterocycles. The number of aliphatic hydroxyl groups excluding tert-OH is 1. The highest BCUT2D eigenvalue weighted by Gasteiger charge is 2.20. The van der Waals surface area contributed by atoms with Crippen LogP contribution in [0.4, 0.5) is 0 Å². The lowest BCUT2D eigenvalue weighted by Gasteiger charge is -2.20. The number of methoxy groups -OCH3 is 1. The van der Waals surface area contributed by atoms with Gasteiger partial charge < -0.3 is 19.9 Å². The fourth-order valence-corrected chi connectivity index (χ4v) is 2.82. The van der Waals surface area contributed by atoms with Crippen LogP contribution in [0.1, 0.15) is 25.0 Å². The van der Waals surface area contributed by atoms with Gasteiger partial charge in [-0.1, -0.05) is 30.3 Å². The first-order valence-electron chi connectivity index (χ1n) is 7.93. The minimum atomic E-state index is -0.206. The molecular formula is C19H25BrNO3+. The lowest BCUT2D eigenvalue weighted by Crippen LogP contribution is -2.95. The van der Waals surface area contributed by atoms with Gasteiger partial charge in [-0.3, -0.25) is 0 Å². The molecule has 2 aromatic rings. The van der Waals surface area contributed by atoms with Gasteiger partial charge >= 0.3 is 0 Å². The van der Waals surface area contributed by atoms with Gasteiger partial charge in [0.05, 0.1) is 18.2 Å². The van der Waals surface area contributed by atoms with Crippen LogP contribution in [0.2, 0.25) is 0 Å². The summed E-state index contributed by atoms with van der Waals surface area (Å²) in [6.07, 6.45) is 0. The van der Waals surface area contributed by atoms with E-state index in [2.05, 4.69) is 21.2 Å². The topological polar surface area (TPSA) is 55.3 Å². The molecule has 0 aliphatic carbocycles. The highest BCUT2D eigenvalue weighted by Crippen LogP contribution is 2.37. The molecule has 0 atom stereocenters. The predicted molar refractivity (Wildman–Crippen MR) is 98.3 cm³/mol. The van der Waals surface area contributed by atoms with Crippen LogP contribution < -0.4 is 14.8 Å². The second kappa shape index (κ2) is 8.51. The molecule has 4 nitrogen and oxygen atoms in total. The minimum Gasteiger partial charge on any atom is -0.493 e. The Hall–Kier alpha value is -1.56. The van der Waals surface area contributed by atoms with E-state index < -0.39 is 0 Å². The number of hydrogen-bond donors (Lipinski definition) is 2. The van der Waals surface area contributed by atoms with Crippen molar-refractivity contribution < 1.29 is 19.9 Å². The summed E-state index contributed by atoms with van der Waals surface area (Å²) in [6, 6.07) is 14.0. The molecule has 3 N–H and O–H groups in total. The molecule has 2 aromatic carbocycles. The molecule has 130 valence electrons. The smallest absolute Gasteiger partial charge is 0.175 e. The van der Waals surface area contributed by atoms with Crippen LogP contribution >= 0.6 is 15.9 Å². The zero-order chi connectivity index (χ0) is 17.6. The Kier molecular flexibility index (Phi) is 6.66. The zero-order valence-electron chi connectivity index (χ0n) is 14.4. The van der Waals surface area contributed by atoms with Crippen LogP contribution in [0.15, 0.2) is 46.9 Å². The number of quaternary nitrogens is 1. The van der Waals surface area contributed by atoms with Crippen molar-refractivity contribution in [2.45, 2.75) is 32.5 Å². The van der Waals surface area contributed by atoms with Crippen molar-refractivity contribution >= 4 is 15.9 Å². The van der Waals surface area contributed by atoms with Crippen molar-refractivity contribution in [3.8, 4) is 11.5 Å². The van der Waals surface area contributed by atoms with Crippen LogP contribution in [0.3, 0.4) is 0 Å². The SMILES string of the molecule is COc1cc(C[NH2+]C(C)(C)CO)cc(Br)c1OCc1ccccc1. The Balaban J connectivity index is 2.12. The van der Waals surface area contributed by atoms with Crippen LogP contribution in [-0.2, 0) is 13.2 Å². The van der Waals surface area contributed by atoms with Crippen molar-refractivity contribution in [1.82, 2.24) is 0 Å². The third-order valence-electron chi connectivity index (χ3n) is 3.81. The molecule has 0 heterocycles. The number of rotatable bonds is 8. The second-order valence-electron chi connectivity index (χ2n) is 6.44. The maximum absolute atomic E-state index is 9.36. The Morgan fingerprint density at radius 2 is 1.83 bits per heavy atom. The molecule has 0 unspecified atom stereocenters. The maximum Gasteiger partial charge on any atom is 0.175 e. The van der Waals surface area contributed by atoms with Gasteiger partial charge in [0, 0.05) is 5.56 Å². The maximum atomic E-state index is 9.36. The Bertz CT molecular complexity index is 659. The first-order chi connectivity index (χ1) is 11.4. The number of hydrogen-bond acceptors (Lipinski definition) is 3. The third-order valence-corrected chi connectivity index (χ3v) is 4.40. The average molecular weight is 395 g/mol. The Labute approximate surface area is 151 Å². The van der Waals surface area contributed by atoms with Gasteiger partial charge in [0.25, 0.3) is 0 Å². The van der Waals surface area contributed by atoms with Crippen molar-refractivity contribution in [2.24, 2.45) is 0 Å². The van der Waals surface area contributed by atoms with Crippen molar-refractivity contribution in [3.63, 3.8) is 0 Å². The summed E-state index contributed by atoms with van der Waals surface area (Å²) in [5.74, 6) is 1.40. The lowest BCUT2D eigenvalue weighted by atomic mass is 10.1. The fourth-order valence-electron chi connectivity index (χ4n) is 2.22. The second-order valence-corrected chi connectivity index (χ2v) is 7.29. The Morgan fingerprint density at radius 3 is 2.46 bits per heavy atom. The molecule has 24 heavy (non-hydrogen) atoms. The van der Waals surface area contributed by atoms with Gasteiger partial charge in [-0.25, -0.2) is 0 Å². The summed E-state index contributed by atoms with van der Waals surface area (Å²) in [6.45, 7) is 5.39. The predicted octanol–water partition coefficient (Wildman–Crippen LogP) is 2.87. The van der Waals surface area contributed by atoms with E-state index in [0.29, 0.717) is 18.1 Å². The van der Waals surface area contributed by atoms with Gasteiger partial charge in [0.15, 0.2) is 11.5 Å².